The fourth-order valence-electron chi connectivity index (χ4n) is 7.20. The van der Waals surface area contributed by atoms with E-state index in [1.165, 1.54) is 62.6 Å². The van der Waals surface area contributed by atoms with Crippen LogP contribution >= 0.6 is 0 Å². The van der Waals surface area contributed by atoms with Crippen LogP contribution in [-0.2, 0) is 26.5 Å². The number of nitrogens with zero attached hydrogens (tertiary/aromatic N) is 3. The summed E-state index contributed by atoms with van der Waals surface area (Å²) in [7, 11) is 0. The van der Waals surface area contributed by atoms with E-state index in [9.17, 15) is 2.74 Å². The maximum Gasteiger partial charge on any atom is 0.216 e. The maximum absolute atomic E-state index is 9.29. The molecule has 4 nitrogen and oxygen atoms in total. The van der Waals surface area contributed by atoms with E-state index in [-0.39, 0.29) is 42.6 Å². The quantitative estimate of drug-likeness (QED) is 0.166. The van der Waals surface area contributed by atoms with E-state index in [1.54, 1.807) is 36.5 Å². The second-order valence-corrected chi connectivity index (χ2v) is 13.3. The Morgan fingerprint density at radius 3 is 2.38 bits per heavy atom. The van der Waals surface area contributed by atoms with Gasteiger partial charge in [-0.2, -0.15) is 0 Å². The van der Waals surface area contributed by atoms with Crippen molar-refractivity contribution in [3.05, 3.63) is 114 Å². The molecule has 0 atom stereocenters. The van der Waals surface area contributed by atoms with E-state index >= 15 is 0 Å². The Kier molecular flexibility index (Phi) is 6.88. The topological polar surface area (TPSA) is 51.8 Å². The van der Waals surface area contributed by atoms with Gasteiger partial charge < -0.3 is 14.4 Å². The largest absolute Gasteiger partial charge is 0.486 e. The molecule has 8 rings (SSSR count). The SMILES string of the molecule is [2H]C([2H])([2H])c1c[c-]c(-c2ccc(C([2H])([2H])[2H])cn2)cc1.[2H]C([2H])([2H])c1ccc2c(n1)oc1c(-c3cc(C([2H])([2H])C4(C)CCC5(CCCCC5)CC4)ccn3)[c-]ccc12.[Ir]. The Morgan fingerprint density at radius 1 is 0.812 bits per heavy atom. The molecule has 1 radical (unpaired) electrons. The van der Waals surface area contributed by atoms with Crippen LogP contribution in [0.5, 0.6) is 0 Å². The van der Waals surface area contributed by atoms with Crippen molar-refractivity contribution in [3.63, 3.8) is 0 Å². The predicted molar refractivity (Wildman–Crippen MR) is 192 cm³/mol. The number of rotatable bonds is 4. The van der Waals surface area contributed by atoms with Gasteiger partial charge in [-0.3, -0.25) is 0 Å². The molecule has 2 aliphatic carbocycles. The first-order chi connectivity index (χ1) is 27.2. The minimum Gasteiger partial charge on any atom is -0.486 e. The van der Waals surface area contributed by atoms with Crippen LogP contribution in [0.1, 0.15) is 102 Å². The molecule has 2 aromatic carbocycles. The number of hydrogen-bond donors (Lipinski definition) is 0. The van der Waals surface area contributed by atoms with Gasteiger partial charge in [-0.05, 0) is 105 Å². The molecule has 0 bridgehead atoms. The van der Waals surface area contributed by atoms with Gasteiger partial charge in [-0.15, -0.1) is 53.6 Å². The van der Waals surface area contributed by atoms with Gasteiger partial charge in [-0.25, -0.2) is 4.98 Å². The predicted octanol–water partition coefficient (Wildman–Crippen LogP) is 11.4. The van der Waals surface area contributed by atoms with Crippen molar-refractivity contribution in [2.75, 3.05) is 0 Å². The Hall–Kier alpha value is -3.66. The fourth-order valence-corrected chi connectivity index (χ4v) is 7.20. The van der Waals surface area contributed by atoms with Crippen LogP contribution < -0.4 is 0 Å². The van der Waals surface area contributed by atoms with Crippen LogP contribution in [0.2, 0.25) is 0 Å². The molecule has 1 spiro atoms. The van der Waals surface area contributed by atoms with Crippen LogP contribution in [-0.4, -0.2) is 15.0 Å². The summed E-state index contributed by atoms with van der Waals surface area (Å²) in [4.78, 5) is 12.9. The van der Waals surface area contributed by atoms with Crippen LogP contribution in [0, 0.1) is 43.5 Å². The standard InChI is InChI=1S/C30H33N2O.C13H12N.Ir/c1-21-9-10-24-23-7-6-8-25(27(23)33-28(24)32-21)26-19-22(11-18-31-26)20-29(2)14-16-30(17-15-29)12-4-3-5-13-30;1-10-3-6-12(7-4-10)13-8-5-11(2)9-14-13;/h6-7,9-11,18-19H,3-5,12-17,20H2,1-2H3;3-6,8-9H,1-2H3;/q2*-1;/i1D3,20D2;1D3,2D3;. The van der Waals surface area contributed by atoms with Gasteiger partial charge >= 0.3 is 0 Å². The first kappa shape index (κ1) is 22.9. The average molecular weight is 823 g/mol. The molecule has 249 valence electrons. The van der Waals surface area contributed by atoms with Gasteiger partial charge in [-0.1, -0.05) is 67.8 Å². The number of furan rings is 1. The summed E-state index contributed by atoms with van der Waals surface area (Å²) in [6, 6.07) is 24.2. The van der Waals surface area contributed by atoms with Crippen molar-refractivity contribution >= 4 is 22.1 Å². The van der Waals surface area contributed by atoms with Crippen LogP contribution in [0.4, 0.5) is 0 Å². The minimum atomic E-state index is -2.32. The molecule has 0 N–H and O–H groups in total. The van der Waals surface area contributed by atoms with E-state index in [1.807, 2.05) is 12.1 Å². The van der Waals surface area contributed by atoms with Crippen molar-refractivity contribution < 1.29 is 39.6 Å². The molecular formula is C43H45IrN3O-2. The number of aryl methyl sites for hydroxylation is 3. The van der Waals surface area contributed by atoms with Crippen molar-refractivity contribution in [2.45, 2.75) is 91.6 Å². The van der Waals surface area contributed by atoms with Gasteiger partial charge in [0.15, 0.2) is 0 Å². The van der Waals surface area contributed by atoms with Gasteiger partial charge in [0.25, 0.3) is 0 Å². The van der Waals surface area contributed by atoms with E-state index in [4.69, 9.17) is 16.8 Å². The first-order valence-corrected chi connectivity index (χ1v) is 16.4. The number of fused-ring (bicyclic) bond motifs is 3. The van der Waals surface area contributed by atoms with Gasteiger partial charge in [0.1, 0.15) is 0 Å². The van der Waals surface area contributed by atoms with Crippen molar-refractivity contribution in [3.8, 4) is 22.5 Å². The molecule has 0 unspecified atom stereocenters. The van der Waals surface area contributed by atoms with Crippen LogP contribution in [0.25, 0.3) is 44.6 Å². The fraction of sp³-hybridized carbons (Fsp3) is 0.372. The zero-order valence-electron chi connectivity index (χ0n) is 38.0. The molecule has 2 aliphatic rings. The Balaban J connectivity index is 0.000000236. The maximum atomic E-state index is 9.29. The summed E-state index contributed by atoms with van der Waals surface area (Å²) in [5, 5.41) is 1.52. The Bertz CT molecular complexity index is 2330. The molecule has 0 saturated heterocycles. The first-order valence-electron chi connectivity index (χ1n) is 21.9. The van der Waals surface area contributed by atoms with Crippen LogP contribution in [0.15, 0.2) is 83.5 Å². The van der Waals surface area contributed by atoms with Crippen LogP contribution in [0.3, 0.4) is 0 Å². The monoisotopic (exact) mass is 823 g/mol. The summed E-state index contributed by atoms with van der Waals surface area (Å²) in [5.74, 6) is 0. The Morgan fingerprint density at radius 2 is 1.65 bits per heavy atom. The molecular weight excluding hydrogens is 767 g/mol. The zero-order valence-corrected chi connectivity index (χ0v) is 29.3. The smallest absolute Gasteiger partial charge is 0.216 e. The van der Waals surface area contributed by atoms with Gasteiger partial charge in [0.05, 0.1) is 5.58 Å². The third-order valence-corrected chi connectivity index (χ3v) is 9.94. The zero-order chi connectivity index (χ0) is 41.7. The summed E-state index contributed by atoms with van der Waals surface area (Å²) < 4.78 is 91.3. The van der Waals surface area contributed by atoms with Gasteiger partial charge in [0.2, 0.25) is 5.71 Å². The summed E-state index contributed by atoms with van der Waals surface area (Å²) in [6.45, 7) is -4.55. The minimum absolute atomic E-state index is 0. The molecule has 2 saturated carbocycles. The van der Waals surface area contributed by atoms with E-state index in [0.29, 0.717) is 39.1 Å². The molecule has 5 heteroatoms. The average Bonchev–Trinajstić information content (AvgIpc) is 3.57. The second-order valence-electron chi connectivity index (χ2n) is 13.3. The summed E-state index contributed by atoms with van der Waals surface area (Å²) in [6.07, 6.45) is 12.0. The number of pyridine rings is 3. The second kappa shape index (κ2) is 14.4. The number of benzene rings is 2. The molecule has 4 aromatic heterocycles. The Labute approximate surface area is 314 Å². The van der Waals surface area contributed by atoms with Crippen molar-refractivity contribution in [2.24, 2.45) is 10.8 Å². The molecule has 4 heterocycles. The van der Waals surface area contributed by atoms with Crippen molar-refractivity contribution in [1.82, 2.24) is 15.0 Å². The number of hydrogen-bond acceptors (Lipinski definition) is 4. The van der Waals surface area contributed by atoms with E-state index in [0.717, 1.165) is 36.5 Å². The normalized spacial score (nSPS) is 21.1. The molecule has 2 fully saturated rings. The molecule has 48 heavy (non-hydrogen) atoms. The third-order valence-electron chi connectivity index (χ3n) is 9.94. The van der Waals surface area contributed by atoms with Crippen molar-refractivity contribution in [1.29, 1.82) is 0 Å². The van der Waals surface area contributed by atoms with E-state index in [2.05, 4.69) is 34.0 Å². The van der Waals surface area contributed by atoms with Gasteiger partial charge in [0, 0.05) is 58.7 Å². The molecule has 0 aliphatic heterocycles. The molecule has 0 amide bonds. The molecule has 6 aromatic rings. The number of aromatic nitrogens is 3. The van der Waals surface area contributed by atoms with E-state index < -0.39 is 32.3 Å². The summed E-state index contributed by atoms with van der Waals surface area (Å²) >= 11 is 0. The third kappa shape index (κ3) is 7.48. The summed E-state index contributed by atoms with van der Waals surface area (Å²) in [5.41, 5.74) is 4.10.